The molecular weight excluding hydrogens is 204 g/mol. The fraction of sp³-hybridized carbons (Fsp3) is 0.750. The molecule has 0 spiro atoms. The van der Waals surface area contributed by atoms with Crippen molar-refractivity contribution in [2.24, 2.45) is 11.8 Å². The van der Waals surface area contributed by atoms with Gasteiger partial charge >= 0.3 is 0 Å². The van der Waals surface area contributed by atoms with Gasteiger partial charge in [0.2, 0.25) is 0 Å². The summed E-state index contributed by atoms with van der Waals surface area (Å²) in [6.07, 6.45) is 4.25. The van der Waals surface area contributed by atoms with Crippen LogP contribution in [0.5, 0.6) is 0 Å². The summed E-state index contributed by atoms with van der Waals surface area (Å²) >= 11 is 1.76. The van der Waals surface area contributed by atoms with Crippen LogP contribution in [0, 0.1) is 18.8 Å². The average Bonchev–Trinajstić information content (AvgIpc) is 2.77. The topological polar surface area (TPSA) is 24.9 Å². The van der Waals surface area contributed by atoms with Crippen LogP contribution in [0.4, 0.5) is 0 Å². The predicted octanol–water partition coefficient (Wildman–Crippen LogP) is 2.98. The maximum atomic E-state index is 4.26. The molecule has 84 valence electrons. The van der Waals surface area contributed by atoms with Gasteiger partial charge in [0.15, 0.2) is 0 Å². The highest BCUT2D eigenvalue weighted by molar-refractivity contribution is 7.09. The third-order valence-corrected chi connectivity index (χ3v) is 4.30. The molecule has 1 N–H and O–H groups in total. The third-order valence-electron chi connectivity index (χ3n) is 3.37. The summed E-state index contributed by atoms with van der Waals surface area (Å²) in [5, 5.41) is 3.56. The summed E-state index contributed by atoms with van der Waals surface area (Å²) in [5.74, 6) is 1.86. The maximum absolute atomic E-state index is 4.26. The van der Waals surface area contributed by atoms with Crippen molar-refractivity contribution in [2.75, 3.05) is 6.54 Å². The fourth-order valence-electron chi connectivity index (χ4n) is 2.40. The number of hydrogen-bond acceptors (Lipinski definition) is 3. The Kier molecular flexibility index (Phi) is 3.76. The number of thiazole rings is 1. The minimum Gasteiger partial charge on any atom is -0.312 e. The molecule has 2 atom stereocenters. The van der Waals surface area contributed by atoms with Crippen LogP contribution >= 0.6 is 11.3 Å². The van der Waals surface area contributed by atoms with Gasteiger partial charge in [-0.05, 0) is 38.1 Å². The quantitative estimate of drug-likeness (QED) is 0.850. The Balaban J connectivity index is 1.69. The number of rotatable bonds is 4. The van der Waals surface area contributed by atoms with E-state index in [1.807, 2.05) is 5.51 Å². The average molecular weight is 224 g/mol. The second-order valence-corrected chi connectivity index (χ2v) is 5.72. The second kappa shape index (κ2) is 5.08. The maximum Gasteiger partial charge on any atom is 0.0798 e. The van der Waals surface area contributed by atoms with Crippen molar-refractivity contribution in [3.8, 4) is 0 Å². The lowest BCUT2D eigenvalue weighted by Crippen LogP contribution is -2.20. The number of nitrogens with one attached hydrogen (secondary N) is 1. The number of hydrogen-bond donors (Lipinski definition) is 1. The molecule has 0 aromatic carbocycles. The minimum atomic E-state index is 0.910. The normalized spacial score (nSPS) is 26.0. The van der Waals surface area contributed by atoms with E-state index < -0.39 is 0 Å². The van der Waals surface area contributed by atoms with Crippen LogP contribution in [-0.2, 0) is 6.54 Å². The van der Waals surface area contributed by atoms with Crippen molar-refractivity contribution >= 4 is 11.3 Å². The predicted molar refractivity (Wildman–Crippen MR) is 65.1 cm³/mol. The molecule has 0 radical (unpaired) electrons. The minimum absolute atomic E-state index is 0.910. The van der Waals surface area contributed by atoms with Crippen molar-refractivity contribution in [3.05, 3.63) is 16.1 Å². The van der Waals surface area contributed by atoms with Gasteiger partial charge in [0.1, 0.15) is 0 Å². The van der Waals surface area contributed by atoms with E-state index >= 15 is 0 Å². The Morgan fingerprint density at radius 1 is 1.53 bits per heavy atom. The summed E-state index contributed by atoms with van der Waals surface area (Å²) in [6, 6.07) is 0. The van der Waals surface area contributed by atoms with E-state index in [-0.39, 0.29) is 0 Å². The highest BCUT2D eigenvalue weighted by Gasteiger charge is 2.20. The Morgan fingerprint density at radius 2 is 2.40 bits per heavy atom. The van der Waals surface area contributed by atoms with Gasteiger partial charge in [-0.15, -0.1) is 11.3 Å². The van der Waals surface area contributed by atoms with E-state index in [2.05, 4.69) is 24.1 Å². The van der Waals surface area contributed by atoms with Gasteiger partial charge in [-0.1, -0.05) is 13.3 Å². The smallest absolute Gasteiger partial charge is 0.0798 e. The van der Waals surface area contributed by atoms with Crippen molar-refractivity contribution < 1.29 is 0 Å². The molecule has 0 bridgehead atoms. The van der Waals surface area contributed by atoms with Crippen molar-refractivity contribution in [2.45, 2.75) is 39.7 Å². The summed E-state index contributed by atoms with van der Waals surface area (Å²) in [5.41, 5.74) is 3.12. The molecule has 0 aliphatic heterocycles. The lowest BCUT2D eigenvalue weighted by atomic mass is 10.1. The zero-order valence-corrected chi connectivity index (χ0v) is 10.4. The standard InChI is InChI=1S/C12H20N2S/c1-9-3-4-11(5-9)6-13-7-12-10(2)14-8-15-12/h8-9,11,13H,3-7H2,1-2H3. The van der Waals surface area contributed by atoms with E-state index in [1.165, 1.54) is 36.4 Å². The molecule has 1 aromatic rings. The van der Waals surface area contributed by atoms with Gasteiger partial charge < -0.3 is 5.32 Å². The first-order chi connectivity index (χ1) is 7.25. The summed E-state index contributed by atoms with van der Waals surface area (Å²) in [6.45, 7) is 6.64. The molecule has 0 amide bonds. The van der Waals surface area contributed by atoms with Crippen LogP contribution in [0.2, 0.25) is 0 Å². The van der Waals surface area contributed by atoms with Gasteiger partial charge in [-0.3, -0.25) is 0 Å². The molecule has 1 aromatic heterocycles. The lowest BCUT2D eigenvalue weighted by molar-refractivity contribution is 0.471. The van der Waals surface area contributed by atoms with Gasteiger partial charge in [0.05, 0.1) is 11.2 Å². The highest BCUT2D eigenvalue weighted by Crippen LogP contribution is 2.29. The molecule has 2 rings (SSSR count). The SMILES string of the molecule is Cc1ncsc1CNCC1CCC(C)C1. The molecule has 2 nitrogen and oxygen atoms in total. The summed E-state index contributed by atoms with van der Waals surface area (Å²) < 4.78 is 0. The Labute approximate surface area is 96.1 Å². The zero-order valence-electron chi connectivity index (χ0n) is 9.62. The summed E-state index contributed by atoms with van der Waals surface area (Å²) in [7, 11) is 0. The van der Waals surface area contributed by atoms with Gasteiger partial charge in [-0.2, -0.15) is 0 Å². The monoisotopic (exact) mass is 224 g/mol. The van der Waals surface area contributed by atoms with Crippen LogP contribution in [0.3, 0.4) is 0 Å². The van der Waals surface area contributed by atoms with E-state index in [4.69, 9.17) is 0 Å². The van der Waals surface area contributed by atoms with E-state index in [0.29, 0.717) is 0 Å². The first kappa shape index (κ1) is 11.1. The molecule has 1 aliphatic carbocycles. The highest BCUT2D eigenvalue weighted by atomic mass is 32.1. The zero-order chi connectivity index (χ0) is 10.7. The van der Waals surface area contributed by atoms with Crippen LogP contribution in [-0.4, -0.2) is 11.5 Å². The van der Waals surface area contributed by atoms with Gasteiger partial charge in [0, 0.05) is 11.4 Å². The molecule has 1 saturated carbocycles. The molecule has 15 heavy (non-hydrogen) atoms. The molecule has 2 unspecified atom stereocenters. The Hall–Kier alpha value is -0.410. The third kappa shape index (κ3) is 3.02. The van der Waals surface area contributed by atoms with Crippen molar-refractivity contribution in [3.63, 3.8) is 0 Å². The molecule has 1 fully saturated rings. The summed E-state index contributed by atoms with van der Waals surface area (Å²) in [4.78, 5) is 5.65. The fourth-order valence-corrected chi connectivity index (χ4v) is 3.14. The largest absolute Gasteiger partial charge is 0.312 e. The Morgan fingerprint density at radius 3 is 3.00 bits per heavy atom. The molecule has 1 heterocycles. The van der Waals surface area contributed by atoms with Crippen LogP contribution in [0.25, 0.3) is 0 Å². The first-order valence-corrected chi connectivity index (χ1v) is 6.73. The van der Waals surface area contributed by atoms with Gasteiger partial charge in [0.25, 0.3) is 0 Å². The molecule has 1 aliphatic rings. The van der Waals surface area contributed by atoms with Crippen molar-refractivity contribution in [1.29, 1.82) is 0 Å². The van der Waals surface area contributed by atoms with E-state index in [1.54, 1.807) is 11.3 Å². The van der Waals surface area contributed by atoms with E-state index in [0.717, 1.165) is 18.4 Å². The van der Waals surface area contributed by atoms with E-state index in [9.17, 15) is 0 Å². The molecular formula is C12H20N2S. The van der Waals surface area contributed by atoms with Crippen molar-refractivity contribution in [1.82, 2.24) is 10.3 Å². The lowest BCUT2D eigenvalue weighted by Gasteiger charge is -2.10. The number of nitrogens with zero attached hydrogens (tertiary/aromatic N) is 1. The molecule has 3 heteroatoms. The van der Waals surface area contributed by atoms with Gasteiger partial charge in [-0.25, -0.2) is 4.98 Å². The number of aromatic nitrogens is 1. The Bertz CT molecular complexity index is 308. The van der Waals surface area contributed by atoms with Crippen LogP contribution in [0.15, 0.2) is 5.51 Å². The first-order valence-electron chi connectivity index (χ1n) is 5.85. The van der Waals surface area contributed by atoms with Crippen LogP contribution < -0.4 is 5.32 Å². The van der Waals surface area contributed by atoms with Crippen LogP contribution in [0.1, 0.15) is 36.8 Å². The second-order valence-electron chi connectivity index (χ2n) is 4.78. The number of aryl methyl sites for hydroxylation is 1. The molecule has 0 saturated heterocycles.